The molecule has 1 atom stereocenters. The Morgan fingerprint density at radius 1 is 1.33 bits per heavy atom. The minimum absolute atomic E-state index is 0. The first-order valence-electron chi connectivity index (χ1n) is 5.82. The zero-order valence-corrected chi connectivity index (χ0v) is 11.6. The standard InChI is InChI=1S/C13H20N2O2.ClH/c1-10(2)12(14)13(16)15-8-9-17-11-6-4-3-5-7-11;/h3-7,10,12H,8-9,14H2,1-2H3,(H,15,16);1H/t12-;/m1./s1. The van der Waals surface area contributed by atoms with Crippen molar-refractivity contribution in [2.24, 2.45) is 11.7 Å². The van der Waals surface area contributed by atoms with Crippen LogP contribution in [-0.4, -0.2) is 25.1 Å². The number of carbonyl (C=O) groups is 1. The van der Waals surface area contributed by atoms with Gasteiger partial charge in [-0.25, -0.2) is 0 Å². The molecule has 0 saturated carbocycles. The lowest BCUT2D eigenvalue weighted by molar-refractivity contribution is -0.123. The van der Waals surface area contributed by atoms with Crippen LogP contribution in [0.25, 0.3) is 0 Å². The Bertz CT molecular complexity index is 344. The average Bonchev–Trinajstić information content (AvgIpc) is 2.34. The van der Waals surface area contributed by atoms with Crippen LogP contribution in [0.15, 0.2) is 30.3 Å². The highest BCUT2D eigenvalue weighted by Crippen LogP contribution is 2.07. The highest BCUT2D eigenvalue weighted by molar-refractivity contribution is 5.85. The van der Waals surface area contributed by atoms with E-state index in [1.165, 1.54) is 0 Å². The van der Waals surface area contributed by atoms with Crippen LogP contribution in [0.2, 0.25) is 0 Å². The van der Waals surface area contributed by atoms with Gasteiger partial charge in [0.05, 0.1) is 12.6 Å². The van der Waals surface area contributed by atoms with Crippen LogP contribution in [-0.2, 0) is 4.79 Å². The Morgan fingerprint density at radius 2 is 1.94 bits per heavy atom. The number of nitrogens with two attached hydrogens (primary N) is 1. The molecule has 0 aromatic heterocycles. The summed E-state index contributed by atoms with van der Waals surface area (Å²) in [6.45, 7) is 4.75. The third kappa shape index (κ3) is 5.89. The second-order valence-electron chi connectivity index (χ2n) is 4.22. The van der Waals surface area contributed by atoms with E-state index in [1.807, 2.05) is 44.2 Å². The van der Waals surface area contributed by atoms with Crippen molar-refractivity contribution < 1.29 is 9.53 Å². The molecule has 102 valence electrons. The fraction of sp³-hybridized carbons (Fsp3) is 0.462. The Balaban J connectivity index is 0.00000289. The highest BCUT2D eigenvalue weighted by atomic mass is 35.5. The van der Waals surface area contributed by atoms with Crippen molar-refractivity contribution >= 4 is 18.3 Å². The predicted octanol–water partition coefficient (Wildman–Crippen LogP) is 1.59. The molecule has 1 aromatic rings. The monoisotopic (exact) mass is 272 g/mol. The summed E-state index contributed by atoms with van der Waals surface area (Å²) in [5.41, 5.74) is 5.70. The molecule has 5 heteroatoms. The Labute approximate surface area is 114 Å². The van der Waals surface area contributed by atoms with Gasteiger partial charge in [-0.1, -0.05) is 32.0 Å². The number of halogens is 1. The van der Waals surface area contributed by atoms with Gasteiger partial charge in [0.15, 0.2) is 0 Å². The summed E-state index contributed by atoms with van der Waals surface area (Å²) in [6.07, 6.45) is 0. The molecule has 0 aliphatic carbocycles. The number of carbonyl (C=O) groups excluding carboxylic acids is 1. The molecule has 0 radical (unpaired) electrons. The lowest BCUT2D eigenvalue weighted by Crippen LogP contribution is -2.45. The second-order valence-corrected chi connectivity index (χ2v) is 4.22. The molecule has 0 aliphatic rings. The van der Waals surface area contributed by atoms with E-state index in [1.54, 1.807) is 0 Å². The van der Waals surface area contributed by atoms with Crippen molar-refractivity contribution in [2.45, 2.75) is 19.9 Å². The van der Waals surface area contributed by atoms with Crippen LogP contribution in [0.4, 0.5) is 0 Å². The number of amides is 1. The third-order valence-electron chi connectivity index (χ3n) is 2.43. The van der Waals surface area contributed by atoms with Crippen molar-refractivity contribution in [2.75, 3.05) is 13.2 Å². The summed E-state index contributed by atoms with van der Waals surface area (Å²) in [7, 11) is 0. The van der Waals surface area contributed by atoms with Gasteiger partial charge in [-0.15, -0.1) is 12.4 Å². The number of hydrogen-bond donors (Lipinski definition) is 2. The van der Waals surface area contributed by atoms with E-state index in [9.17, 15) is 4.79 Å². The number of ether oxygens (including phenoxy) is 1. The van der Waals surface area contributed by atoms with Crippen molar-refractivity contribution in [3.05, 3.63) is 30.3 Å². The van der Waals surface area contributed by atoms with Crippen LogP contribution in [0.1, 0.15) is 13.8 Å². The molecule has 0 aliphatic heterocycles. The van der Waals surface area contributed by atoms with Crippen molar-refractivity contribution in [1.29, 1.82) is 0 Å². The van der Waals surface area contributed by atoms with Gasteiger partial charge in [-0.2, -0.15) is 0 Å². The minimum Gasteiger partial charge on any atom is -0.492 e. The maximum absolute atomic E-state index is 11.5. The molecule has 1 aromatic carbocycles. The molecule has 18 heavy (non-hydrogen) atoms. The molecule has 3 N–H and O–H groups in total. The van der Waals surface area contributed by atoms with E-state index in [0.29, 0.717) is 13.2 Å². The first-order valence-corrected chi connectivity index (χ1v) is 5.82. The molecule has 1 rings (SSSR count). The van der Waals surface area contributed by atoms with Gasteiger partial charge in [-0.05, 0) is 18.1 Å². The minimum atomic E-state index is -0.452. The van der Waals surface area contributed by atoms with Gasteiger partial charge >= 0.3 is 0 Å². The van der Waals surface area contributed by atoms with E-state index in [-0.39, 0.29) is 24.2 Å². The van der Waals surface area contributed by atoms with Crippen molar-refractivity contribution in [3.8, 4) is 5.75 Å². The van der Waals surface area contributed by atoms with Gasteiger partial charge in [0.2, 0.25) is 5.91 Å². The van der Waals surface area contributed by atoms with Crippen LogP contribution >= 0.6 is 12.4 Å². The Hall–Kier alpha value is -1.26. The molecule has 4 nitrogen and oxygen atoms in total. The van der Waals surface area contributed by atoms with Gasteiger partial charge < -0.3 is 15.8 Å². The first kappa shape index (κ1) is 16.7. The van der Waals surface area contributed by atoms with E-state index in [2.05, 4.69) is 5.32 Å². The van der Waals surface area contributed by atoms with Crippen molar-refractivity contribution in [3.63, 3.8) is 0 Å². The van der Waals surface area contributed by atoms with Crippen LogP contribution in [0.3, 0.4) is 0 Å². The zero-order valence-electron chi connectivity index (χ0n) is 10.8. The van der Waals surface area contributed by atoms with Gasteiger partial charge in [0.1, 0.15) is 12.4 Å². The number of nitrogens with one attached hydrogen (secondary N) is 1. The van der Waals surface area contributed by atoms with E-state index >= 15 is 0 Å². The van der Waals surface area contributed by atoms with Crippen LogP contribution in [0.5, 0.6) is 5.75 Å². The third-order valence-corrected chi connectivity index (χ3v) is 2.43. The summed E-state index contributed by atoms with van der Waals surface area (Å²) in [4.78, 5) is 11.5. The Morgan fingerprint density at radius 3 is 2.50 bits per heavy atom. The molecular weight excluding hydrogens is 252 g/mol. The number of hydrogen-bond acceptors (Lipinski definition) is 3. The average molecular weight is 273 g/mol. The topological polar surface area (TPSA) is 64.4 Å². The normalized spacial score (nSPS) is 11.6. The first-order chi connectivity index (χ1) is 8.11. The summed E-state index contributed by atoms with van der Waals surface area (Å²) < 4.78 is 5.44. The van der Waals surface area contributed by atoms with Gasteiger partial charge in [-0.3, -0.25) is 4.79 Å². The summed E-state index contributed by atoms with van der Waals surface area (Å²) in [6, 6.07) is 9.04. The second kappa shape index (κ2) is 8.78. The summed E-state index contributed by atoms with van der Waals surface area (Å²) in [5, 5.41) is 2.75. The predicted molar refractivity (Wildman–Crippen MR) is 75.0 cm³/mol. The van der Waals surface area contributed by atoms with Crippen LogP contribution < -0.4 is 15.8 Å². The number of benzene rings is 1. The molecule has 0 unspecified atom stereocenters. The number of rotatable bonds is 6. The van der Waals surface area contributed by atoms with Crippen LogP contribution in [0, 0.1) is 5.92 Å². The maximum Gasteiger partial charge on any atom is 0.237 e. The summed E-state index contributed by atoms with van der Waals surface area (Å²) >= 11 is 0. The SMILES string of the molecule is CC(C)[C@@H](N)C(=O)NCCOc1ccccc1.Cl. The molecule has 0 fully saturated rings. The molecule has 0 bridgehead atoms. The zero-order chi connectivity index (χ0) is 12.7. The van der Waals surface area contributed by atoms with Crippen molar-refractivity contribution in [1.82, 2.24) is 5.32 Å². The van der Waals surface area contributed by atoms with E-state index < -0.39 is 6.04 Å². The molecular formula is C13H21ClN2O2. The fourth-order valence-corrected chi connectivity index (χ4v) is 1.28. The fourth-order valence-electron chi connectivity index (χ4n) is 1.28. The smallest absolute Gasteiger partial charge is 0.237 e. The number of para-hydroxylation sites is 1. The van der Waals surface area contributed by atoms with E-state index in [4.69, 9.17) is 10.5 Å². The lowest BCUT2D eigenvalue weighted by atomic mass is 10.1. The van der Waals surface area contributed by atoms with Gasteiger partial charge in [0.25, 0.3) is 0 Å². The summed E-state index contributed by atoms with van der Waals surface area (Å²) in [5.74, 6) is 0.816. The largest absolute Gasteiger partial charge is 0.492 e. The molecule has 1 amide bonds. The lowest BCUT2D eigenvalue weighted by Gasteiger charge is -2.15. The molecule has 0 spiro atoms. The quantitative estimate of drug-likeness (QED) is 0.773. The highest BCUT2D eigenvalue weighted by Gasteiger charge is 2.16. The molecule has 0 saturated heterocycles. The maximum atomic E-state index is 11.5. The van der Waals surface area contributed by atoms with E-state index in [0.717, 1.165) is 5.75 Å². The Kier molecular flexibility index (Phi) is 8.16. The molecule has 0 heterocycles. The van der Waals surface area contributed by atoms with Gasteiger partial charge in [0, 0.05) is 0 Å².